The molecule has 0 amide bonds. The van der Waals surface area contributed by atoms with E-state index >= 15 is 0 Å². The summed E-state index contributed by atoms with van der Waals surface area (Å²) >= 11 is 0. The SMILES string of the molecule is COc1cc(C(C)=O)ccc1Oc1ncnc2c1cnn2-c1ccc(C)cc1C. The molecule has 0 bridgehead atoms. The number of methoxy groups -OCH3 is 1. The molecule has 7 nitrogen and oxygen atoms in total. The Hall–Kier alpha value is -3.74. The van der Waals surface area contributed by atoms with Gasteiger partial charge in [0.05, 0.1) is 19.0 Å². The minimum Gasteiger partial charge on any atom is -0.493 e. The van der Waals surface area contributed by atoms with E-state index in [-0.39, 0.29) is 5.78 Å². The molecular weight excluding hydrogens is 368 g/mol. The number of carbonyl (C=O) groups excluding carboxylic acids is 1. The Morgan fingerprint density at radius 2 is 1.86 bits per heavy atom. The van der Waals surface area contributed by atoms with Crippen LogP contribution in [0.25, 0.3) is 16.7 Å². The molecule has 0 spiro atoms. The van der Waals surface area contributed by atoms with Gasteiger partial charge < -0.3 is 9.47 Å². The average molecular weight is 388 g/mol. The number of aromatic nitrogens is 4. The van der Waals surface area contributed by atoms with Crippen LogP contribution in [0.5, 0.6) is 17.4 Å². The summed E-state index contributed by atoms with van der Waals surface area (Å²) in [7, 11) is 1.53. The normalized spacial score (nSPS) is 10.9. The second kappa shape index (κ2) is 7.35. The second-order valence-corrected chi connectivity index (χ2v) is 6.79. The van der Waals surface area contributed by atoms with E-state index < -0.39 is 0 Å². The minimum absolute atomic E-state index is 0.0472. The van der Waals surface area contributed by atoms with Crippen molar-refractivity contribution in [3.05, 3.63) is 65.6 Å². The Morgan fingerprint density at radius 1 is 1.03 bits per heavy atom. The summed E-state index contributed by atoms with van der Waals surface area (Å²) in [5, 5.41) is 5.17. The van der Waals surface area contributed by atoms with Gasteiger partial charge in [-0.3, -0.25) is 4.79 Å². The lowest BCUT2D eigenvalue weighted by molar-refractivity contribution is 0.101. The van der Waals surface area contributed by atoms with Gasteiger partial charge in [-0.1, -0.05) is 17.7 Å². The van der Waals surface area contributed by atoms with E-state index in [1.165, 1.54) is 25.9 Å². The molecule has 0 aliphatic heterocycles. The summed E-state index contributed by atoms with van der Waals surface area (Å²) < 4.78 is 13.2. The molecule has 146 valence electrons. The molecule has 0 aliphatic rings. The van der Waals surface area contributed by atoms with Crippen molar-refractivity contribution in [2.24, 2.45) is 0 Å². The molecule has 0 saturated carbocycles. The summed E-state index contributed by atoms with van der Waals surface area (Å²) in [6.07, 6.45) is 3.12. The van der Waals surface area contributed by atoms with Gasteiger partial charge in [-0.2, -0.15) is 5.10 Å². The number of hydrogen-bond donors (Lipinski definition) is 0. The molecule has 7 heteroatoms. The monoisotopic (exact) mass is 388 g/mol. The number of nitrogens with zero attached hydrogens (tertiary/aromatic N) is 4. The van der Waals surface area contributed by atoms with Crippen molar-refractivity contribution in [2.75, 3.05) is 7.11 Å². The maximum absolute atomic E-state index is 11.6. The highest BCUT2D eigenvalue weighted by molar-refractivity contribution is 5.94. The van der Waals surface area contributed by atoms with E-state index in [2.05, 4.69) is 28.1 Å². The third kappa shape index (κ3) is 3.42. The molecule has 2 aromatic heterocycles. The maximum Gasteiger partial charge on any atom is 0.233 e. The van der Waals surface area contributed by atoms with Crippen LogP contribution in [0.15, 0.2) is 48.9 Å². The molecule has 4 rings (SSSR count). The minimum atomic E-state index is -0.0472. The van der Waals surface area contributed by atoms with Crippen LogP contribution in [0, 0.1) is 13.8 Å². The number of Topliss-reactive ketones (excluding diaryl/α,β-unsaturated/α-hetero) is 1. The summed E-state index contributed by atoms with van der Waals surface area (Å²) in [4.78, 5) is 20.3. The predicted octanol–water partition coefficient (Wildman–Crippen LogP) is 4.44. The van der Waals surface area contributed by atoms with E-state index in [0.29, 0.717) is 34.0 Å². The van der Waals surface area contributed by atoms with Crippen LogP contribution in [0.1, 0.15) is 28.4 Å². The number of rotatable bonds is 5. The van der Waals surface area contributed by atoms with E-state index in [4.69, 9.17) is 9.47 Å². The van der Waals surface area contributed by atoms with Crippen molar-refractivity contribution in [2.45, 2.75) is 20.8 Å². The highest BCUT2D eigenvalue weighted by atomic mass is 16.5. The molecule has 29 heavy (non-hydrogen) atoms. The Balaban J connectivity index is 1.77. The lowest BCUT2D eigenvalue weighted by Gasteiger charge is -2.11. The van der Waals surface area contributed by atoms with Gasteiger partial charge in [0.15, 0.2) is 22.9 Å². The first-order chi connectivity index (χ1) is 14.0. The fourth-order valence-corrected chi connectivity index (χ4v) is 3.20. The summed E-state index contributed by atoms with van der Waals surface area (Å²) in [6.45, 7) is 5.59. The third-order valence-electron chi connectivity index (χ3n) is 4.69. The first-order valence-corrected chi connectivity index (χ1v) is 9.11. The van der Waals surface area contributed by atoms with E-state index in [9.17, 15) is 4.79 Å². The number of carbonyl (C=O) groups is 1. The van der Waals surface area contributed by atoms with Gasteiger partial charge in [-0.05, 0) is 50.6 Å². The second-order valence-electron chi connectivity index (χ2n) is 6.79. The average Bonchev–Trinajstić information content (AvgIpc) is 3.13. The molecule has 0 radical (unpaired) electrons. The van der Waals surface area contributed by atoms with Crippen LogP contribution in [0.4, 0.5) is 0 Å². The molecule has 4 aromatic rings. The van der Waals surface area contributed by atoms with Gasteiger partial charge in [0.2, 0.25) is 5.88 Å². The van der Waals surface area contributed by atoms with Crippen LogP contribution in [-0.4, -0.2) is 32.6 Å². The van der Waals surface area contributed by atoms with Gasteiger partial charge >= 0.3 is 0 Å². The first kappa shape index (κ1) is 18.6. The zero-order valence-electron chi connectivity index (χ0n) is 16.6. The van der Waals surface area contributed by atoms with Gasteiger partial charge in [0.25, 0.3) is 0 Å². The smallest absolute Gasteiger partial charge is 0.233 e. The van der Waals surface area contributed by atoms with Crippen molar-refractivity contribution in [3.63, 3.8) is 0 Å². The van der Waals surface area contributed by atoms with E-state index in [1.54, 1.807) is 29.1 Å². The number of hydrogen-bond acceptors (Lipinski definition) is 6. The lowest BCUT2D eigenvalue weighted by atomic mass is 10.1. The standard InChI is InChI=1S/C22H20N4O3/c1-13-5-7-18(14(2)9-13)26-21-17(11-25-26)22(24-12-23-21)29-19-8-6-16(15(3)27)10-20(19)28-4/h5-12H,1-4H3. The van der Waals surface area contributed by atoms with Gasteiger partial charge in [0.1, 0.15) is 11.7 Å². The molecule has 0 aliphatic carbocycles. The van der Waals surface area contributed by atoms with Crippen LogP contribution in [-0.2, 0) is 0 Å². The van der Waals surface area contributed by atoms with Crippen molar-refractivity contribution in [1.29, 1.82) is 0 Å². The molecule has 0 N–H and O–H groups in total. The highest BCUT2D eigenvalue weighted by Crippen LogP contribution is 2.34. The number of aryl methyl sites for hydroxylation is 2. The molecule has 0 unspecified atom stereocenters. The molecule has 0 saturated heterocycles. The topological polar surface area (TPSA) is 79.1 Å². The Kier molecular flexibility index (Phi) is 4.72. The predicted molar refractivity (Wildman–Crippen MR) is 109 cm³/mol. The fourth-order valence-electron chi connectivity index (χ4n) is 3.20. The summed E-state index contributed by atoms with van der Waals surface area (Å²) in [5.41, 5.74) is 4.41. The van der Waals surface area contributed by atoms with Gasteiger partial charge in [-0.15, -0.1) is 0 Å². The van der Waals surface area contributed by atoms with E-state index in [0.717, 1.165) is 11.3 Å². The Bertz CT molecular complexity index is 1230. The number of fused-ring (bicyclic) bond motifs is 1. The van der Waals surface area contributed by atoms with Crippen molar-refractivity contribution < 1.29 is 14.3 Å². The first-order valence-electron chi connectivity index (χ1n) is 9.11. The lowest BCUT2D eigenvalue weighted by Crippen LogP contribution is -2.01. The molecule has 2 heterocycles. The van der Waals surface area contributed by atoms with Gasteiger partial charge in [-0.25, -0.2) is 14.6 Å². The highest BCUT2D eigenvalue weighted by Gasteiger charge is 2.16. The zero-order valence-corrected chi connectivity index (χ0v) is 16.6. The molecule has 0 fully saturated rings. The van der Waals surface area contributed by atoms with Crippen LogP contribution in [0.3, 0.4) is 0 Å². The zero-order chi connectivity index (χ0) is 20.5. The Labute approximate surface area is 167 Å². The number of ketones is 1. The van der Waals surface area contributed by atoms with Crippen LogP contribution < -0.4 is 9.47 Å². The summed E-state index contributed by atoms with van der Waals surface area (Å²) in [6, 6.07) is 11.2. The fraction of sp³-hybridized carbons (Fsp3) is 0.182. The van der Waals surface area contributed by atoms with Crippen molar-refractivity contribution >= 4 is 16.8 Å². The van der Waals surface area contributed by atoms with Crippen molar-refractivity contribution in [3.8, 4) is 23.1 Å². The number of benzene rings is 2. The third-order valence-corrected chi connectivity index (χ3v) is 4.69. The van der Waals surface area contributed by atoms with Crippen LogP contribution >= 0.6 is 0 Å². The van der Waals surface area contributed by atoms with Crippen LogP contribution in [0.2, 0.25) is 0 Å². The molecule has 0 atom stereocenters. The summed E-state index contributed by atoms with van der Waals surface area (Å²) in [5.74, 6) is 1.22. The van der Waals surface area contributed by atoms with Crippen molar-refractivity contribution in [1.82, 2.24) is 19.7 Å². The number of ether oxygens (including phenoxy) is 2. The molecular formula is C22H20N4O3. The van der Waals surface area contributed by atoms with E-state index in [1.807, 2.05) is 19.1 Å². The largest absolute Gasteiger partial charge is 0.493 e. The molecule has 2 aromatic carbocycles. The quantitative estimate of drug-likeness (QED) is 0.471. The Morgan fingerprint density at radius 3 is 2.59 bits per heavy atom. The maximum atomic E-state index is 11.6. The van der Waals surface area contributed by atoms with Gasteiger partial charge in [0, 0.05) is 5.56 Å².